The van der Waals surface area contributed by atoms with Crippen LogP contribution < -0.4 is 9.47 Å². The highest BCUT2D eigenvalue weighted by Gasteiger charge is 2.30. The number of ether oxygens (including phenoxy) is 2. The van der Waals surface area contributed by atoms with Crippen LogP contribution in [-0.2, 0) is 0 Å². The molecule has 0 spiro atoms. The predicted molar refractivity (Wildman–Crippen MR) is 47.8 cm³/mol. The number of hydrogen-bond donors (Lipinski definition) is 1. The standard InChI is InChI=1S/C7H8N2O6/c1-13-5-4(3-8-10)15-7(9(11)12)6(5)14-2/h3,10H,1-2H3/b8-3-. The fourth-order valence-electron chi connectivity index (χ4n) is 1.04. The molecule has 1 N–H and O–H groups in total. The Bertz CT molecular complexity index is 396. The lowest BCUT2D eigenvalue weighted by Crippen LogP contribution is -1.92. The average Bonchev–Trinajstić information content (AvgIpc) is 2.56. The Kier molecular flexibility index (Phi) is 3.11. The van der Waals surface area contributed by atoms with Gasteiger partial charge in [0.1, 0.15) is 11.1 Å². The van der Waals surface area contributed by atoms with Gasteiger partial charge in [-0.05, 0) is 0 Å². The molecule has 0 aliphatic carbocycles. The molecule has 8 nitrogen and oxygen atoms in total. The van der Waals surface area contributed by atoms with Gasteiger partial charge >= 0.3 is 5.88 Å². The maximum atomic E-state index is 10.5. The molecule has 0 bridgehead atoms. The first-order chi connectivity index (χ1) is 7.15. The van der Waals surface area contributed by atoms with Crippen molar-refractivity contribution in [2.75, 3.05) is 14.2 Å². The van der Waals surface area contributed by atoms with Gasteiger partial charge in [-0.25, -0.2) is 0 Å². The molecule has 0 aliphatic heterocycles. The molecule has 1 heterocycles. The highest BCUT2D eigenvalue weighted by molar-refractivity contribution is 5.82. The second-order valence-corrected chi connectivity index (χ2v) is 2.34. The molecule has 0 radical (unpaired) electrons. The summed E-state index contributed by atoms with van der Waals surface area (Å²) in [6, 6.07) is 0. The summed E-state index contributed by atoms with van der Waals surface area (Å²) in [5, 5.41) is 21.5. The topological polar surface area (TPSA) is 107 Å². The minimum Gasteiger partial charge on any atom is -0.489 e. The van der Waals surface area contributed by atoms with E-state index in [1.807, 2.05) is 0 Å². The van der Waals surface area contributed by atoms with Crippen LogP contribution in [0, 0.1) is 10.1 Å². The minimum atomic E-state index is -0.768. The zero-order valence-electron chi connectivity index (χ0n) is 7.96. The lowest BCUT2D eigenvalue weighted by Gasteiger charge is -1.98. The van der Waals surface area contributed by atoms with E-state index in [0.717, 1.165) is 6.21 Å². The number of oxime groups is 1. The second kappa shape index (κ2) is 4.31. The number of nitrogens with zero attached hydrogens (tertiary/aromatic N) is 2. The van der Waals surface area contributed by atoms with E-state index < -0.39 is 10.8 Å². The highest BCUT2D eigenvalue weighted by atomic mass is 16.7. The first kappa shape index (κ1) is 10.8. The highest BCUT2D eigenvalue weighted by Crippen LogP contribution is 2.41. The van der Waals surface area contributed by atoms with Crippen LogP contribution in [0.3, 0.4) is 0 Å². The smallest absolute Gasteiger partial charge is 0.480 e. The van der Waals surface area contributed by atoms with Gasteiger partial charge in [0.05, 0.1) is 14.2 Å². The fraction of sp³-hybridized carbons (Fsp3) is 0.286. The average molecular weight is 216 g/mol. The van der Waals surface area contributed by atoms with E-state index in [0.29, 0.717) is 0 Å². The van der Waals surface area contributed by atoms with Crippen LogP contribution >= 0.6 is 0 Å². The lowest BCUT2D eigenvalue weighted by atomic mass is 10.4. The molecule has 0 saturated heterocycles. The zero-order chi connectivity index (χ0) is 11.4. The fourth-order valence-corrected chi connectivity index (χ4v) is 1.04. The number of furan rings is 1. The summed E-state index contributed by atoms with van der Waals surface area (Å²) in [4.78, 5) is 9.77. The van der Waals surface area contributed by atoms with Gasteiger partial charge in [0.25, 0.3) is 5.75 Å². The van der Waals surface area contributed by atoms with E-state index in [1.54, 1.807) is 0 Å². The first-order valence-corrected chi connectivity index (χ1v) is 3.72. The third kappa shape index (κ3) is 1.82. The third-order valence-corrected chi connectivity index (χ3v) is 1.58. The lowest BCUT2D eigenvalue weighted by molar-refractivity contribution is -0.403. The van der Waals surface area contributed by atoms with Crippen molar-refractivity contribution in [3.8, 4) is 11.5 Å². The molecule has 15 heavy (non-hydrogen) atoms. The Balaban J connectivity index is 3.36. The molecule has 8 heteroatoms. The Labute approximate surface area is 83.8 Å². The van der Waals surface area contributed by atoms with Crippen LogP contribution in [0.1, 0.15) is 5.76 Å². The Morgan fingerprint density at radius 2 is 2.07 bits per heavy atom. The molecule has 0 aliphatic rings. The molecule has 0 fully saturated rings. The van der Waals surface area contributed by atoms with Crippen molar-refractivity contribution in [3.05, 3.63) is 15.9 Å². The summed E-state index contributed by atoms with van der Waals surface area (Å²) in [6.45, 7) is 0. The Morgan fingerprint density at radius 3 is 2.47 bits per heavy atom. The van der Waals surface area contributed by atoms with Crippen molar-refractivity contribution in [1.82, 2.24) is 0 Å². The predicted octanol–water partition coefficient (Wildman–Crippen LogP) is 1.01. The van der Waals surface area contributed by atoms with E-state index in [9.17, 15) is 10.1 Å². The van der Waals surface area contributed by atoms with Crippen LogP contribution in [-0.4, -0.2) is 30.6 Å². The van der Waals surface area contributed by atoms with Crippen molar-refractivity contribution < 1.29 is 24.0 Å². The molecule has 0 unspecified atom stereocenters. The molecular formula is C7H8N2O6. The molecule has 0 aromatic carbocycles. The van der Waals surface area contributed by atoms with E-state index in [-0.39, 0.29) is 17.3 Å². The molecule has 0 amide bonds. The number of nitro groups is 1. The van der Waals surface area contributed by atoms with Crippen LogP contribution in [0.25, 0.3) is 0 Å². The van der Waals surface area contributed by atoms with E-state index in [1.165, 1.54) is 14.2 Å². The summed E-state index contributed by atoms with van der Waals surface area (Å²) >= 11 is 0. The van der Waals surface area contributed by atoms with Crippen molar-refractivity contribution in [3.63, 3.8) is 0 Å². The van der Waals surface area contributed by atoms with Gasteiger partial charge in [0.2, 0.25) is 11.5 Å². The quantitative estimate of drug-likeness (QED) is 0.348. The van der Waals surface area contributed by atoms with E-state index in [2.05, 4.69) is 5.16 Å². The van der Waals surface area contributed by atoms with Gasteiger partial charge in [-0.3, -0.25) is 10.1 Å². The zero-order valence-corrected chi connectivity index (χ0v) is 7.96. The number of rotatable bonds is 4. The maximum absolute atomic E-state index is 10.5. The molecule has 0 saturated carbocycles. The molecule has 1 aromatic rings. The van der Waals surface area contributed by atoms with Gasteiger partial charge in [0, 0.05) is 0 Å². The van der Waals surface area contributed by atoms with Gasteiger partial charge < -0.3 is 19.1 Å². The van der Waals surface area contributed by atoms with E-state index >= 15 is 0 Å². The second-order valence-electron chi connectivity index (χ2n) is 2.34. The Hall–Kier alpha value is -2.25. The van der Waals surface area contributed by atoms with Crippen molar-refractivity contribution >= 4 is 12.1 Å². The van der Waals surface area contributed by atoms with Crippen LogP contribution in [0.5, 0.6) is 11.5 Å². The number of hydrogen-bond acceptors (Lipinski definition) is 7. The summed E-state index contributed by atoms with van der Waals surface area (Å²) in [7, 11) is 2.52. The SMILES string of the molecule is COc1c(/C=N\O)oc([N+](=O)[O-])c1OC. The molecule has 0 atom stereocenters. The van der Waals surface area contributed by atoms with Gasteiger partial charge in [-0.2, -0.15) is 0 Å². The first-order valence-electron chi connectivity index (χ1n) is 3.72. The van der Waals surface area contributed by atoms with Crippen LogP contribution in [0.2, 0.25) is 0 Å². The van der Waals surface area contributed by atoms with Crippen LogP contribution in [0.15, 0.2) is 9.57 Å². The largest absolute Gasteiger partial charge is 0.489 e. The summed E-state index contributed by atoms with van der Waals surface area (Å²) in [5.41, 5.74) is 0. The molecule has 82 valence electrons. The molecule has 1 aromatic heterocycles. The van der Waals surface area contributed by atoms with Gasteiger partial charge in [0.15, 0.2) is 0 Å². The number of methoxy groups -OCH3 is 2. The summed E-state index contributed by atoms with van der Waals surface area (Å²) in [5.74, 6) is -0.854. The molecular weight excluding hydrogens is 208 g/mol. The monoisotopic (exact) mass is 216 g/mol. The maximum Gasteiger partial charge on any atom is 0.480 e. The third-order valence-electron chi connectivity index (χ3n) is 1.58. The minimum absolute atomic E-state index is 0.00185. The summed E-state index contributed by atoms with van der Waals surface area (Å²) in [6.07, 6.45) is 0.869. The Morgan fingerprint density at radius 1 is 1.47 bits per heavy atom. The van der Waals surface area contributed by atoms with Crippen molar-refractivity contribution in [2.45, 2.75) is 0 Å². The normalized spacial score (nSPS) is 10.5. The van der Waals surface area contributed by atoms with Crippen LogP contribution in [0.4, 0.5) is 5.88 Å². The van der Waals surface area contributed by atoms with Crippen molar-refractivity contribution in [2.24, 2.45) is 5.16 Å². The van der Waals surface area contributed by atoms with E-state index in [4.69, 9.17) is 19.1 Å². The molecule has 1 rings (SSSR count). The van der Waals surface area contributed by atoms with Crippen molar-refractivity contribution in [1.29, 1.82) is 0 Å². The van der Waals surface area contributed by atoms with Gasteiger partial charge in [-0.1, -0.05) is 5.16 Å². The summed E-state index contributed by atoms with van der Waals surface area (Å²) < 4.78 is 14.3. The van der Waals surface area contributed by atoms with Gasteiger partial charge in [-0.15, -0.1) is 0 Å².